The molecule has 0 aliphatic carbocycles. The summed E-state index contributed by atoms with van der Waals surface area (Å²) in [5, 5.41) is 36.5. The van der Waals surface area contributed by atoms with Gasteiger partial charge in [-0.1, -0.05) is 13.3 Å². The summed E-state index contributed by atoms with van der Waals surface area (Å²) in [6, 6.07) is 7.56. The lowest BCUT2D eigenvalue weighted by Crippen LogP contribution is -2.23. The van der Waals surface area contributed by atoms with Crippen molar-refractivity contribution in [2.45, 2.75) is 33.2 Å². The van der Waals surface area contributed by atoms with Crippen molar-refractivity contribution in [2.24, 2.45) is 10.2 Å². The molecule has 26 heavy (non-hydrogen) atoms. The molecule has 0 fully saturated rings. The van der Waals surface area contributed by atoms with Gasteiger partial charge < -0.3 is 10.2 Å². The van der Waals surface area contributed by atoms with Crippen molar-refractivity contribution in [3.05, 3.63) is 51.3 Å². The molecule has 0 unspecified atom stereocenters. The Morgan fingerprint density at radius 1 is 1.27 bits per heavy atom. The molecule has 2 aromatic rings. The molecule has 8 heteroatoms. The number of benzene rings is 1. The molecule has 1 heterocycles. The highest BCUT2D eigenvalue weighted by Gasteiger charge is 2.18. The average molecular weight is 354 g/mol. The number of azo groups is 1. The molecule has 1 aromatic heterocycles. The second-order valence-corrected chi connectivity index (χ2v) is 5.65. The molecule has 0 radical (unpaired) electrons. The van der Waals surface area contributed by atoms with Gasteiger partial charge in [-0.25, -0.2) is 4.79 Å². The molecule has 0 amide bonds. The Morgan fingerprint density at radius 2 is 1.92 bits per heavy atom. The molecular weight excluding hydrogens is 336 g/mol. The zero-order valence-corrected chi connectivity index (χ0v) is 14.4. The van der Waals surface area contributed by atoms with Crippen LogP contribution in [0.2, 0.25) is 0 Å². The third-order valence-electron chi connectivity index (χ3n) is 3.88. The van der Waals surface area contributed by atoms with Crippen LogP contribution in [0.25, 0.3) is 0 Å². The van der Waals surface area contributed by atoms with Crippen LogP contribution in [0.15, 0.2) is 39.3 Å². The van der Waals surface area contributed by atoms with E-state index >= 15 is 0 Å². The van der Waals surface area contributed by atoms with Crippen LogP contribution >= 0.6 is 0 Å². The molecule has 0 bridgehead atoms. The highest BCUT2D eigenvalue weighted by atomic mass is 16.4. The van der Waals surface area contributed by atoms with Crippen LogP contribution in [-0.2, 0) is 6.54 Å². The first-order valence-corrected chi connectivity index (χ1v) is 8.02. The Labute approximate surface area is 149 Å². The maximum Gasteiger partial charge on any atom is 0.335 e. The molecule has 134 valence electrons. The van der Waals surface area contributed by atoms with Gasteiger partial charge >= 0.3 is 5.97 Å². The van der Waals surface area contributed by atoms with Crippen LogP contribution in [0.5, 0.6) is 5.88 Å². The second-order valence-electron chi connectivity index (χ2n) is 5.65. The third kappa shape index (κ3) is 3.78. The minimum Gasteiger partial charge on any atom is -0.493 e. The quantitative estimate of drug-likeness (QED) is 0.765. The zero-order chi connectivity index (χ0) is 19.3. The van der Waals surface area contributed by atoms with E-state index in [2.05, 4.69) is 10.2 Å². The van der Waals surface area contributed by atoms with Crippen molar-refractivity contribution in [1.82, 2.24) is 4.57 Å². The van der Waals surface area contributed by atoms with Crippen LogP contribution < -0.4 is 5.56 Å². The fraction of sp³-hybridized carbons (Fsp3) is 0.278. The number of aromatic nitrogens is 1. The Balaban J connectivity index is 2.49. The lowest BCUT2D eigenvalue weighted by atomic mass is 10.1. The normalized spacial score (nSPS) is 10.8. The van der Waals surface area contributed by atoms with Gasteiger partial charge in [0.25, 0.3) is 5.56 Å². The van der Waals surface area contributed by atoms with E-state index in [0.29, 0.717) is 12.1 Å². The summed E-state index contributed by atoms with van der Waals surface area (Å²) < 4.78 is 1.12. The molecule has 0 saturated carbocycles. The van der Waals surface area contributed by atoms with Gasteiger partial charge in [0.1, 0.15) is 11.6 Å². The number of aromatic carboxylic acids is 1. The maximum absolute atomic E-state index is 12.3. The summed E-state index contributed by atoms with van der Waals surface area (Å²) in [5.41, 5.74) is 0.129. The van der Waals surface area contributed by atoms with Crippen LogP contribution in [0, 0.1) is 18.3 Å². The molecular formula is C18H18N4O4. The summed E-state index contributed by atoms with van der Waals surface area (Å²) in [5.74, 6) is -1.39. The topological polar surface area (TPSA) is 128 Å². The van der Waals surface area contributed by atoms with E-state index in [1.54, 1.807) is 0 Å². The number of hydrogen-bond acceptors (Lipinski definition) is 6. The first-order chi connectivity index (χ1) is 12.4. The minimum atomic E-state index is -1.05. The van der Waals surface area contributed by atoms with Crippen LogP contribution in [-0.4, -0.2) is 20.7 Å². The van der Waals surface area contributed by atoms with E-state index in [9.17, 15) is 20.0 Å². The predicted molar refractivity (Wildman–Crippen MR) is 94.3 cm³/mol. The number of pyridine rings is 1. The Kier molecular flexibility index (Phi) is 5.86. The van der Waals surface area contributed by atoms with Crippen LogP contribution in [0.4, 0.5) is 11.4 Å². The Bertz CT molecular complexity index is 953. The van der Waals surface area contributed by atoms with E-state index in [4.69, 9.17) is 5.11 Å². The molecule has 8 nitrogen and oxygen atoms in total. The van der Waals surface area contributed by atoms with Gasteiger partial charge in [0.05, 0.1) is 11.3 Å². The van der Waals surface area contributed by atoms with Gasteiger partial charge in [-0.3, -0.25) is 9.36 Å². The number of aromatic hydroxyl groups is 1. The van der Waals surface area contributed by atoms with E-state index in [-0.39, 0.29) is 34.8 Å². The van der Waals surface area contributed by atoms with Gasteiger partial charge in [0.2, 0.25) is 5.88 Å². The molecule has 2 rings (SSSR count). The fourth-order valence-corrected chi connectivity index (χ4v) is 2.36. The van der Waals surface area contributed by atoms with E-state index < -0.39 is 11.5 Å². The van der Waals surface area contributed by atoms with Crippen LogP contribution in [0.1, 0.15) is 41.3 Å². The molecule has 0 atom stereocenters. The smallest absolute Gasteiger partial charge is 0.335 e. The largest absolute Gasteiger partial charge is 0.493 e. The third-order valence-corrected chi connectivity index (χ3v) is 3.88. The summed E-state index contributed by atoms with van der Waals surface area (Å²) in [6.07, 6.45) is 1.48. The summed E-state index contributed by atoms with van der Waals surface area (Å²) in [4.78, 5) is 23.2. The van der Waals surface area contributed by atoms with Crippen molar-refractivity contribution in [3.8, 4) is 11.9 Å². The van der Waals surface area contributed by atoms with Gasteiger partial charge in [-0.15, -0.1) is 5.11 Å². The SMILES string of the molecule is CCCCn1c(O)c(N=Nc2ccc(C(=O)O)cc2)c(C)c(C#N)c1=O. The van der Waals surface area contributed by atoms with E-state index in [1.165, 1.54) is 31.2 Å². The minimum absolute atomic E-state index is 0.0413. The number of carboxylic acids is 1. The number of rotatable bonds is 6. The van der Waals surface area contributed by atoms with Gasteiger partial charge in [0.15, 0.2) is 5.69 Å². The zero-order valence-electron chi connectivity index (χ0n) is 14.4. The number of unbranched alkanes of at least 4 members (excludes halogenated alkanes) is 1. The number of hydrogen-bond donors (Lipinski definition) is 2. The molecule has 0 saturated heterocycles. The monoisotopic (exact) mass is 354 g/mol. The van der Waals surface area contributed by atoms with E-state index in [0.717, 1.165) is 11.0 Å². The van der Waals surface area contributed by atoms with Gasteiger partial charge in [0, 0.05) is 12.1 Å². The lowest BCUT2D eigenvalue weighted by molar-refractivity contribution is 0.0697. The first kappa shape index (κ1) is 18.9. The predicted octanol–water partition coefficient (Wildman–Crippen LogP) is 3.65. The van der Waals surface area contributed by atoms with Crippen LogP contribution in [0.3, 0.4) is 0 Å². The van der Waals surface area contributed by atoms with Gasteiger partial charge in [-0.05, 0) is 37.6 Å². The first-order valence-electron chi connectivity index (χ1n) is 8.02. The number of carbonyl (C=O) groups is 1. The maximum atomic E-state index is 12.3. The molecule has 0 aliphatic rings. The summed E-state index contributed by atoms with van der Waals surface area (Å²) in [6.45, 7) is 3.74. The molecule has 0 spiro atoms. The number of carboxylic acid groups (broad SMARTS) is 1. The van der Waals surface area contributed by atoms with Crippen molar-refractivity contribution in [2.75, 3.05) is 0 Å². The van der Waals surface area contributed by atoms with Crippen molar-refractivity contribution in [3.63, 3.8) is 0 Å². The summed E-state index contributed by atoms with van der Waals surface area (Å²) in [7, 11) is 0. The standard InChI is InChI=1S/C18H18N4O4/c1-3-4-9-22-16(23)14(10-19)11(2)15(17(22)24)21-20-13-7-5-12(6-8-13)18(25)26/h5-8,24H,3-4,9H2,1-2H3,(H,25,26). The number of nitriles is 1. The van der Waals surface area contributed by atoms with Crippen molar-refractivity contribution in [1.29, 1.82) is 5.26 Å². The molecule has 2 N–H and O–H groups in total. The van der Waals surface area contributed by atoms with Crippen molar-refractivity contribution >= 4 is 17.3 Å². The molecule has 0 aliphatic heterocycles. The average Bonchev–Trinajstić information content (AvgIpc) is 2.62. The van der Waals surface area contributed by atoms with Gasteiger partial charge in [-0.2, -0.15) is 10.4 Å². The van der Waals surface area contributed by atoms with E-state index in [1.807, 2.05) is 13.0 Å². The molecule has 1 aromatic carbocycles. The summed E-state index contributed by atoms with van der Waals surface area (Å²) >= 11 is 0. The highest BCUT2D eigenvalue weighted by Crippen LogP contribution is 2.32. The lowest BCUT2D eigenvalue weighted by Gasteiger charge is -2.12. The highest BCUT2D eigenvalue weighted by molar-refractivity contribution is 5.87. The fourth-order valence-electron chi connectivity index (χ4n) is 2.36. The Morgan fingerprint density at radius 3 is 2.46 bits per heavy atom. The second kappa shape index (κ2) is 8.07. The Hall–Kier alpha value is -3.47. The number of nitrogens with zero attached hydrogens (tertiary/aromatic N) is 4. The van der Waals surface area contributed by atoms with Crippen molar-refractivity contribution < 1.29 is 15.0 Å².